The Bertz CT molecular complexity index is 192. The molecule has 1 rings (SSSR count). The molecule has 5 nitrogen and oxygen atoms in total. The van der Waals surface area contributed by atoms with Gasteiger partial charge in [-0.2, -0.15) is 0 Å². The minimum atomic E-state index is -4.06. The van der Waals surface area contributed by atoms with Crippen molar-refractivity contribution in [3.05, 3.63) is 0 Å². The number of hydrogen-bond donors (Lipinski definition) is 2. The van der Waals surface area contributed by atoms with Crippen LogP contribution in [0.5, 0.6) is 0 Å². The van der Waals surface area contributed by atoms with E-state index >= 15 is 0 Å². The summed E-state index contributed by atoms with van der Waals surface area (Å²) >= 11 is 0. The summed E-state index contributed by atoms with van der Waals surface area (Å²) in [6, 6.07) is -0.369. The van der Waals surface area contributed by atoms with Crippen molar-refractivity contribution >= 4 is 15.4 Å². The van der Waals surface area contributed by atoms with Gasteiger partial charge in [0.25, 0.3) is 0 Å². The lowest BCUT2D eigenvalue weighted by Crippen LogP contribution is -2.13. The van der Waals surface area contributed by atoms with E-state index < -0.39 is 13.9 Å². The Balaban J connectivity index is 2.21. The van der Waals surface area contributed by atoms with Crippen LogP contribution >= 0.6 is 7.60 Å². The summed E-state index contributed by atoms with van der Waals surface area (Å²) in [5.41, 5.74) is 0. The molecule has 0 aromatic rings. The van der Waals surface area contributed by atoms with Crippen molar-refractivity contribution in [1.82, 2.24) is 0 Å². The summed E-state index contributed by atoms with van der Waals surface area (Å²) in [5.74, 6) is 0. The van der Waals surface area contributed by atoms with Crippen LogP contribution in [-0.2, 0) is 14.0 Å². The molecular formula is C5H10BO5P. The van der Waals surface area contributed by atoms with E-state index in [0.717, 1.165) is 0 Å². The Morgan fingerprint density at radius 1 is 1.67 bits per heavy atom. The Morgan fingerprint density at radius 2 is 2.33 bits per heavy atom. The molecule has 0 bridgehead atoms. The quantitative estimate of drug-likeness (QED) is 0.462. The van der Waals surface area contributed by atoms with Crippen LogP contribution < -0.4 is 0 Å². The fraction of sp³-hybridized carbons (Fsp3) is 1.00. The largest absolute Gasteiger partial charge is 0.385 e. The van der Waals surface area contributed by atoms with Crippen LogP contribution in [0.3, 0.4) is 0 Å². The summed E-state index contributed by atoms with van der Waals surface area (Å²) in [7, 11) is 1.31. The minimum Gasteiger partial charge on any atom is -0.385 e. The Hall–Kier alpha value is 0.135. The molecule has 1 fully saturated rings. The normalized spacial score (nSPS) is 30.8. The topological polar surface area (TPSA) is 76.0 Å². The third kappa shape index (κ3) is 3.69. The molecule has 12 heavy (non-hydrogen) atoms. The number of hydrogen-bond acceptors (Lipinski definition) is 3. The average Bonchev–Trinajstić information content (AvgIpc) is 2.30. The maximum atomic E-state index is 10.4. The standard InChI is InChI=1S/C5H10BO5P/c6-5-1-4(2-10-5)11-3-12(7,8)9/h4-5H,1-3H2,(H2,7,8,9)/t4-,5-/m0/s1. The first-order chi connectivity index (χ1) is 5.47. The average molecular weight is 192 g/mol. The summed E-state index contributed by atoms with van der Waals surface area (Å²) < 4.78 is 20.2. The van der Waals surface area contributed by atoms with Gasteiger partial charge >= 0.3 is 7.60 Å². The number of rotatable bonds is 3. The summed E-state index contributed by atoms with van der Waals surface area (Å²) in [4.78, 5) is 16.9. The lowest BCUT2D eigenvalue weighted by Gasteiger charge is -2.10. The van der Waals surface area contributed by atoms with Crippen molar-refractivity contribution in [2.75, 3.05) is 13.0 Å². The van der Waals surface area contributed by atoms with Gasteiger partial charge in [0, 0.05) is 6.00 Å². The van der Waals surface area contributed by atoms with E-state index in [4.69, 9.17) is 27.1 Å². The van der Waals surface area contributed by atoms with Crippen molar-refractivity contribution in [2.45, 2.75) is 18.5 Å². The smallest absolute Gasteiger partial charge is 0.350 e. The zero-order valence-corrected chi connectivity index (χ0v) is 7.31. The third-order valence-corrected chi connectivity index (χ3v) is 1.96. The van der Waals surface area contributed by atoms with E-state index in [1.165, 1.54) is 0 Å². The van der Waals surface area contributed by atoms with Gasteiger partial charge in [-0.1, -0.05) is 0 Å². The van der Waals surface area contributed by atoms with Crippen LogP contribution in [0, 0.1) is 0 Å². The lowest BCUT2D eigenvalue weighted by molar-refractivity contribution is 0.0593. The molecule has 0 aromatic heterocycles. The molecule has 0 spiro atoms. The van der Waals surface area contributed by atoms with E-state index in [9.17, 15) is 4.57 Å². The van der Waals surface area contributed by atoms with Crippen molar-refractivity contribution in [1.29, 1.82) is 0 Å². The summed E-state index contributed by atoms with van der Waals surface area (Å²) in [5, 5.41) is 0. The van der Waals surface area contributed by atoms with E-state index in [0.29, 0.717) is 13.0 Å². The molecule has 0 unspecified atom stereocenters. The van der Waals surface area contributed by atoms with Gasteiger partial charge in [-0.15, -0.1) is 0 Å². The molecular weight excluding hydrogens is 182 g/mol. The second kappa shape index (κ2) is 3.90. The molecule has 0 saturated carbocycles. The highest BCUT2D eigenvalue weighted by Gasteiger charge is 2.24. The van der Waals surface area contributed by atoms with Gasteiger partial charge in [0.1, 0.15) is 14.2 Å². The maximum Gasteiger partial charge on any atom is 0.350 e. The molecule has 0 aliphatic carbocycles. The van der Waals surface area contributed by atoms with Crippen LogP contribution in [-0.4, -0.2) is 42.7 Å². The predicted octanol–water partition coefficient (Wildman–Crippen LogP) is -0.578. The van der Waals surface area contributed by atoms with Gasteiger partial charge < -0.3 is 19.3 Å². The van der Waals surface area contributed by atoms with Crippen LogP contribution in [0.25, 0.3) is 0 Å². The molecule has 7 heteroatoms. The molecule has 1 saturated heterocycles. The first-order valence-corrected chi connectivity index (χ1v) is 5.30. The molecule has 0 amide bonds. The number of ether oxygens (including phenoxy) is 2. The van der Waals surface area contributed by atoms with Gasteiger partial charge in [0.15, 0.2) is 0 Å². The Labute approximate surface area is 71.6 Å². The highest BCUT2D eigenvalue weighted by atomic mass is 31.2. The monoisotopic (exact) mass is 192 g/mol. The van der Waals surface area contributed by atoms with Gasteiger partial charge in [-0.25, -0.2) is 0 Å². The molecule has 68 valence electrons. The van der Waals surface area contributed by atoms with Gasteiger partial charge in [0.2, 0.25) is 0 Å². The fourth-order valence-corrected chi connectivity index (χ4v) is 1.35. The van der Waals surface area contributed by atoms with E-state index in [1.807, 2.05) is 0 Å². The summed E-state index contributed by atoms with van der Waals surface area (Å²) in [6.45, 7) is 0.307. The predicted molar refractivity (Wildman–Crippen MR) is 41.9 cm³/mol. The molecule has 2 radical (unpaired) electrons. The molecule has 2 N–H and O–H groups in total. The SMILES string of the molecule is [B][C@@H]1C[C@H](OCP(=O)(O)O)CO1. The van der Waals surface area contributed by atoms with Crippen LogP contribution in [0.4, 0.5) is 0 Å². The zero-order valence-electron chi connectivity index (χ0n) is 6.42. The fourth-order valence-electron chi connectivity index (χ4n) is 0.945. The highest BCUT2D eigenvalue weighted by Crippen LogP contribution is 2.35. The molecule has 0 aromatic carbocycles. The third-order valence-electron chi connectivity index (χ3n) is 1.47. The molecule has 1 aliphatic rings. The molecule has 1 aliphatic heterocycles. The van der Waals surface area contributed by atoms with Crippen molar-refractivity contribution in [3.63, 3.8) is 0 Å². The van der Waals surface area contributed by atoms with E-state index in [-0.39, 0.29) is 12.1 Å². The van der Waals surface area contributed by atoms with E-state index in [1.54, 1.807) is 0 Å². The van der Waals surface area contributed by atoms with Crippen LogP contribution in [0.15, 0.2) is 0 Å². The zero-order chi connectivity index (χ0) is 9.19. The van der Waals surface area contributed by atoms with E-state index in [2.05, 4.69) is 0 Å². The van der Waals surface area contributed by atoms with Crippen molar-refractivity contribution in [3.8, 4) is 0 Å². The van der Waals surface area contributed by atoms with Gasteiger partial charge in [-0.3, -0.25) is 4.57 Å². The maximum absolute atomic E-state index is 10.4. The second-order valence-corrected chi connectivity index (χ2v) is 4.28. The molecule has 2 atom stereocenters. The van der Waals surface area contributed by atoms with Crippen LogP contribution in [0.1, 0.15) is 6.42 Å². The summed E-state index contributed by atoms with van der Waals surface area (Å²) in [6.07, 6.45) is -0.360. The first kappa shape index (κ1) is 10.2. The second-order valence-electron chi connectivity index (χ2n) is 2.69. The van der Waals surface area contributed by atoms with Crippen LogP contribution in [0.2, 0.25) is 0 Å². The Morgan fingerprint density at radius 3 is 2.75 bits per heavy atom. The van der Waals surface area contributed by atoms with Gasteiger partial charge in [-0.05, 0) is 6.42 Å². The highest BCUT2D eigenvalue weighted by molar-refractivity contribution is 7.51. The first-order valence-electron chi connectivity index (χ1n) is 3.51. The Kier molecular flexibility index (Phi) is 3.32. The minimum absolute atomic E-state index is 0.285. The van der Waals surface area contributed by atoms with Crippen molar-refractivity contribution < 1.29 is 23.8 Å². The van der Waals surface area contributed by atoms with Crippen molar-refractivity contribution in [2.24, 2.45) is 0 Å². The van der Waals surface area contributed by atoms with Gasteiger partial charge in [0.05, 0.1) is 12.7 Å². The molecule has 1 heterocycles. The lowest BCUT2D eigenvalue weighted by atomic mass is 9.97.